The van der Waals surface area contributed by atoms with E-state index >= 15 is 0 Å². The van der Waals surface area contributed by atoms with Gasteiger partial charge in [-0.05, 0) is 40.4 Å². The summed E-state index contributed by atoms with van der Waals surface area (Å²) < 4.78 is 59.0. The predicted octanol–water partition coefficient (Wildman–Crippen LogP) is 2.32. The second kappa shape index (κ2) is 3.56. The van der Waals surface area contributed by atoms with Crippen LogP contribution in [0.4, 0.5) is 0 Å². The van der Waals surface area contributed by atoms with E-state index in [-0.39, 0.29) is 11.2 Å². The minimum Gasteiger partial charge on any atom is -0.399 e. The zero-order valence-electron chi connectivity index (χ0n) is 16.2. The van der Waals surface area contributed by atoms with Gasteiger partial charge in [-0.2, -0.15) is 0 Å². The van der Waals surface area contributed by atoms with Gasteiger partial charge in [0.05, 0.1) is 22.4 Å². The third kappa shape index (κ3) is 1.94. The van der Waals surface area contributed by atoms with E-state index in [9.17, 15) is 0 Å². The summed E-state index contributed by atoms with van der Waals surface area (Å²) in [4.78, 5) is 3.93. The van der Waals surface area contributed by atoms with Crippen molar-refractivity contribution in [2.45, 2.75) is 57.5 Å². The molecule has 0 atom stereocenters. The van der Waals surface area contributed by atoms with Crippen molar-refractivity contribution in [3.05, 3.63) is 11.2 Å². The van der Waals surface area contributed by atoms with Crippen molar-refractivity contribution in [3.8, 4) is 0 Å². The summed E-state index contributed by atoms with van der Waals surface area (Å²) in [5.41, 5.74) is -1.18. The molecule has 1 aromatic heterocycles. The maximum Gasteiger partial charge on any atom is 0.507 e. The van der Waals surface area contributed by atoms with Gasteiger partial charge in [-0.1, -0.05) is 0 Å². The number of hydrogen-bond donors (Lipinski definition) is 0. The molecule has 1 saturated carbocycles. The first-order valence-electron chi connectivity index (χ1n) is 8.52. The van der Waals surface area contributed by atoms with E-state index in [0.29, 0.717) is 4.78 Å². The van der Waals surface area contributed by atoms with Crippen molar-refractivity contribution in [2.24, 2.45) is 0 Å². The highest BCUT2D eigenvalue weighted by atomic mass is 32.1. The molecule has 1 aliphatic carbocycles. The molecule has 3 rings (SSSR count). The van der Waals surface area contributed by atoms with Gasteiger partial charge in [0.1, 0.15) is 0 Å². The molecule has 17 heavy (non-hydrogen) atoms. The molecule has 0 N–H and O–H groups in total. The highest BCUT2D eigenvalue weighted by molar-refractivity contribution is 7.22. The van der Waals surface area contributed by atoms with Crippen LogP contribution in [-0.2, 0) is 9.31 Å². The fourth-order valence-electron chi connectivity index (χ4n) is 1.55. The zero-order chi connectivity index (χ0) is 17.6. The molecule has 2 heterocycles. The van der Waals surface area contributed by atoms with E-state index in [1.54, 1.807) is 0 Å². The Morgan fingerprint density at radius 3 is 2.59 bits per heavy atom. The molecule has 1 aromatic rings. The lowest BCUT2D eigenvalue weighted by Gasteiger charge is -2.32. The van der Waals surface area contributed by atoms with E-state index < -0.39 is 37.0 Å². The molecule has 2 aliphatic rings. The van der Waals surface area contributed by atoms with Gasteiger partial charge in [-0.15, -0.1) is 11.3 Å². The Morgan fingerprint density at radius 2 is 2.06 bits per heavy atom. The normalized spacial score (nSPS) is 39.4. The van der Waals surface area contributed by atoms with E-state index in [1.165, 1.54) is 0 Å². The summed E-state index contributed by atoms with van der Waals surface area (Å²) >= 11 is 0.916. The first kappa shape index (κ1) is 6.69. The maximum absolute atomic E-state index is 8.16. The molecule has 0 aromatic carbocycles. The van der Waals surface area contributed by atoms with Gasteiger partial charge in [0, 0.05) is 18.9 Å². The molecule has 0 radical (unpaired) electrons. The van der Waals surface area contributed by atoms with Crippen LogP contribution in [0.1, 0.15) is 59.6 Å². The summed E-state index contributed by atoms with van der Waals surface area (Å²) in [6, 6.07) is 0. The fraction of sp³-hybridized carbons (Fsp3) is 0.750. The summed E-state index contributed by atoms with van der Waals surface area (Å²) in [6.07, 6.45) is -4.83. The van der Waals surface area contributed by atoms with Crippen LogP contribution in [0.5, 0.6) is 0 Å². The Kier molecular flexibility index (Phi) is 1.40. The van der Waals surface area contributed by atoms with Crippen LogP contribution in [0.3, 0.4) is 0 Å². The van der Waals surface area contributed by atoms with Gasteiger partial charge in [0.25, 0.3) is 0 Å². The lowest BCUT2D eigenvalue weighted by atomic mass is 9.89. The monoisotopic (exact) mass is 257 g/mol. The van der Waals surface area contributed by atoms with Gasteiger partial charge < -0.3 is 9.31 Å². The molecular weight excluding hydrogens is 233 g/mol. The van der Waals surface area contributed by atoms with Crippen molar-refractivity contribution in [1.29, 1.82) is 0 Å². The Hall–Kier alpha value is -0.385. The Morgan fingerprint density at radius 1 is 1.47 bits per heavy atom. The van der Waals surface area contributed by atoms with Crippen LogP contribution in [0.15, 0.2) is 6.17 Å². The van der Waals surface area contributed by atoms with Crippen molar-refractivity contribution < 1.29 is 17.5 Å². The number of rotatable bonds is 2. The molecule has 0 spiro atoms. The average Bonchev–Trinajstić information content (AvgIpc) is 2.75. The molecule has 2 fully saturated rings. The minimum absolute atomic E-state index is 0.0535. The van der Waals surface area contributed by atoms with Gasteiger partial charge in [-0.3, -0.25) is 0 Å². The van der Waals surface area contributed by atoms with Gasteiger partial charge in [-0.25, -0.2) is 4.98 Å². The fourth-order valence-corrected chi connectivity index (χ4v) is 2.34. The topological polar surface area (TPSA) is 31.4 Å². The van der Waals surface area contributed by atoms with E-state index in [1.807, 2.05) is 27.7 Å². The van der Waals surface area contributed by atoms with Crippen LogP contribution >= 0.6 is 11.3 Å². The largest absolute Gasteiger partial charge is 0.507 e. The van der Waals surface area contributed by atoms with E-state index in [0.717, 1.165) is 11.3 Å². The van der Waals surface area contributed by atoms with Crippen LogP contribution in [0.2, 0.25) is 0 Å². The van der Waals surface area contributed by atoms with E-state index in [2.05, 4.69) is 4.98 Å². The first-order chi connectivity index (χ1) is 10.2. The summed E-state index contributed by atoms with van der Waals surface area (Å²) in [6.45, 7) is 7.51. The number of aromatic nitrogens is 1. The van der Waals surface area contributed by atoms with Crippen LogP contribution in [0.25, 0.3) is 0 Å². The van der Waals surface area contributed by atoms with Crippen molar-refractivity contribution >= 4 is 23.2 Å². The zero-order valence-corrected chi connectivity index (χ0v) is 11.1. The van der Waals surface area contributed by atoms with E-state index in [4.69, 9.17) is 17.5 Å². The lowest BCUT2D eigenvalue weighted by molar-refractivity contribution is 0.00578. The average molecular weight is 257 g/mol. The van der Waals surface area contributed by atoms with Crippen LogP contribution in [-0.4, -0.2) is 23.3 Å². The Bertz CT molecular complexity index is 647. The number of nitrogens with zero attached hydrogens (tertiary/aromatic N) is 1. The predicted molar refractivity (Wildman–Crippen MR) is 69.8 cm³/mol. The SMILES string of the molecule is [2H]c1nc(C2([2H])C([2H])([2H])C2([2H])[2H])sc1B1OC(C)(C)C(C)(C)O1. The molecule has 1 aliphatic heterocycles. The molecular formula is C12H18BNO2S. The second-order valence-electron chi connectivity index (χ2n) is 5.21. The van der Waals surface area contributed by atoms with Gasteiger partial charge >= 0.3 is 7.12 Å². The standard InChI is InChI=1S/C12H18BNO2S/c1-11(2)12(3,4)16-13(15-11)9-7-14-10(17-9)8-5-6-8/h7-8H,5-6H2,1-4H3/i5D2,6D2,7D,8D. The van der Waals surface area contributed by atoms with Crippen molar-refractivity contribution in [2.75, 3.05) is 0 Å². The molecule has 0 amide bonds. The molecule has 1 saturated heterocycles. The molecule has 0 bridgehead atoms. The highest BCUT2D eigenvalue weighted by Gasteiger charge is 2.52. The summed E-state index contributed by atoms with van der Waals surface area (Å²) in [5.74, 6) is -2.09. The molecule has 3 nitrogen and oxygen atoms in total. The summed E-state index contributed by atoms with van der Waals surface area (Å²) in [7, 11) is -0.821. The second-order valence-corrected chi connectivity index (χ2v) is 6.24. The third-order valence-electron chi connectivity index (χ3n) is 3.41. The Balaban J connectivity index is 1.96. The van der Waals surface area contributed by atoms with Gasteiger partial charge in [0.2, 0.25) is 0 Å². The van der Waals surface area contributed by atoms with Crippen molar-refractivity contribution in [3.63, 3.8) is 0 Å². The van der Waals surface area contributed by atoms with Gasteiger partial charge in [0.15, 0.2) is 0 Å². The lowest BCUT2D eigenvalue weighted by Crippen LogP contribution is -2.41. The quantitative estimate of drug-likeness (QED) is 0.762. The number of thiazole rings is 1. The Labute approximate surface area is 115 Å². The maximum atomic E-state index is 8.16. The smallest absolute Gasteiger partial charge is 0.399 e. The van der Waals surface area contributed by atoms with Crippen LogP contribution in [0, 0.1) is 0 Å². The highest BCUT2D eigenvalue weighted by Crippen LogP contribution is 2.41. The third-order valence-corrected chi connectivity index (χ3v) is 4.40. The van der Waals surface area contributed by atoms with Crippen LogP contribution < -0.4 is 4.78 Å². The molecule has 5 heteroatoms. The first-order valence-corrected chi connectivity index (χ1v) is 6.34. The summed E-state index contributed by atoms with van der Waals surface area (Å²) in [5, 5.41) is -0.0535. The van der Waals surface area contributed by atoms with Crippen molar-refractivity contribution in [1.82, 2.24) is 4.98 Å². The minimum atomic E-state index is -2.34. The molecule has 0 unspecified atom stereocenters. The molecule has 92 valence electrons. The number of hydrogen-bond acceptors (Lipinski definition) is 4.